The molecule has 2 fully saturated rings. The van der Waals surface area contributed by atoms with E-state index in [0.717, 1.165) is 24.6 Å². The molecule has 1 saturated heterocycles. The van der Waals surface area contributed by atoms with Crippen LogP contribution in [0, 0.1) is 0 Å². The third kappa shape index (κ3) is 3.92. The van der Waals surface area contributed by atoms with E-state index in [-0.39, 0.29) is 6.03 Å². The number of rotatable bonds is 5. The summed E-state index contributed by atoms with van der Waals surface area (Å²) >= 11 is 0. The van der Waals surface area contributed by atoms with Gasteiger partial charge in [0.2, 0.25) is 0 Å². The molecule has 4 rings (SSSR count). The molecule has 1 aromatic carbocycles. The van der Waals surface area contributed by atoms with Crippen molar-refractivity contribution in [1.29, 1.82) is 0 Å². The van der Waals surface area contributed by atoms with E-state index < -0.39 is 0 Å². The van der Waals surface area contributed by atoms with Crippen molar-refractivity contribution in [3.05, 3.63) is 36.4 Å². The van der Waals surface area contributed by atoms with Crippen LogP contribution in [0.3, 0.4) is 0 Å². The van der Waals surface area contributed by atoms with Crippen molar-refractivity contribution in [2.45, 2.75) is 44.7 Å². The largest absolute Gasteiger partial charge is 0.371 e. The normalized spacial score (nSPS) is 17.4. The van der Waals surface area contributed by atoms with Gasteiger partial charge in [0, 0.05) is 30.5 Å². The van der Waals surface area contributed by atoms with Crippen LogP contribution >= 0.6 is 0 Å². The van der Waals surface area contributed by atoms with Crippen molar-refractivity contribution in [3.8, 4) is 0 Å². The SMILES string of the molecule is O=C(NCc1nncn1C1CC1)Nc1cccc(N2CCCCC2)c1. The van der Waals surface area contributed by atoms with Gasteiger partial charge in [-0.1, -0.05) is 6.07 Å². The first-order valence-electron chi connectivity index (χ1n) is 9.08. The first-order chi connectivity index (χ1) is 12.3. The molecule has 1 saturated carbocycles. The Bertz CT molecular complexity index is 733. The second kappa shape index (κ2) is 7.13. The van der Waals surface area contributed by atoms with Crippen molar-refractivity contribution in [2.75, 3.05) is 23.3 Å². The predicted molar refractivity (Wildman–Crippen MR) is 96.7 cm³/mol. The minimum absolute atomic E-state index is 0.221. The van der Waals surface area contributed by atoms with Crippen LogP contribution in [0.15, 0.2) is 30.6 Å². The molecule has 7 heteroatoms. The minimum atomic E-state index is -0.221. The van der Waals surface area contributed by atoms with Gasteiger partial charge < -0.3 is 20.1 Å². The number of nitrogens with one attached hydrogen (secondary N) is 2. The van der Waals surface area contributed by atoms with Gasteiger partial charge in [0.1, 0.15) is 6.33 Å². The summed E-state index contributed by atoms with van der Waals surface area (Å²) < 4.78 is 2.05. The Morgan fingerprint density at radius 3 is 2.84 bits per heavy atom. The van der Waals surface area contributed by atoms with E-state index in [9.17, 15) is 4.79 Å². The third-order valence-corrected chi connectivity index (χ3v) is 4.82. The summed E-state index contributed by atoms with van der Waals surface area (Å²) in [6, 6.07) is 8.34. The fraction of sp³-hybridized carbons (Fsp3) is 0.500. The summed E-state index contributed by atoms with van der Waals surface area (Å²) in [5.74, 6) is 0.805. The average molecular weight is 340 g/mol. The van der Waals surface area contributed by atoms with Crippen molar-refractivity contribution < 1.29 is 4.79 Å². The van der Waals surface area contributed by atoms with Crippen LogP contribution in [0.1, 0.15) is 44.0 Å². The standard InChI is InChI=1S/C18H24N6O/c25-18(19-12-17-22-20-13-24(17)15-7-8-15)21-14-5-4-6-16(11-14)23-9-2-1-3-10-23/h4-6,11,13,15H,1-3,7-10,12H2,(H2,19,21,25). The van der Waals surface area contributed by atoms with E-state index in [1.165, 1.54) is 37.8 Å². The third-order valence-electron chi connectivity index (χ3n) is 4.82. The number of aromatic nitrogens is 3. The van der Waals surface area contributed by atoms with E-state index in [1.807, 2.05) is 18.2 Å². The second-order valence-electron chi connectivity index (χ2n) is 6.79. The van der Waals surface area contributed by atoms with Crippen LogP contribution in [0.25, 0.3) is 0 Å². The number of hydrogen-bond acceptors (Lipinski definition) is 4. The Labute approximate surface area is 147 Å². The summed E-state index contributed by atoms with van der Waals surface area (Å²) in [7, 11) is 0. The van der Waals surface area contributed by atoms with Crippen LogP contribution in [0.5, 0.6) is 0 Å². The number of carbonyl (C=O) groups excluding carboxylic acids is 1. The lowest BCUT2D eigenvalue weighted by molar-refractivity contribution is 0.251. The van der Waals surface area contributed by atoms with Gasteiger partial charge >= 0.3 is 6.03 Å². The molecule has 1 aliphatic heterocycles. The van der Waals surface area contributed by atoms with E-state index >= 15 is 0 Å². The maximum atomic E-state index is 12.2. The van der Waals surface area contributed by atoms with Crippen LogP contribution in [-0.2, 0) is 6.54 Å². The van der Waals surface area contributed by atoms with Gasteiger partial charge in [-0.2, -0.15) is 0 Å². The van der Waals surface area contributed by atoms with Gasteiger partial charge in [-0.25, -0.2) is 4.79 Å². The second-order valence-corrected chi connectivity index (χ2v) is 6.79. The maximum Gasteiger partial charge on any atom is 0.319 e. The summed E-state index contributed by atoms with van der Waals surface area (Å²) in [6.07, 6.45) is 7.86. The highest BCUT2D eigenvalue weighted by molar-refractivity contribution is 5.89. The molecule has 0 unspecified atom stereocenters. The molecule has 7 nitrogen and oxygen atoms in total. The number of benzene rings is 1. The predicted octanol–water partition coefficient (Wildman–Crippen LogP) is 2.93. The molecule has 0 spiro atoms. The number of piperidine rings is 1. The Morgan fingerprint density at radius 1 is 1.20 bits per heavy atom. The minimum Gasteiger partial charge on any atom is -0.371 e. The maximum absolute atomic E-state index is 12.2. The van der Waals surface area contributed by atoms with Gasteiger partial charge in [0.25, 0.3) is 0 Å². The molecule has 2 amide bonds. The summed E-state index contributed by atoms with van der Waals surface area (Å²) in [6.45, 7) is 2.56. The van der Waals surface area contributed by atoms with Crippen molar-refractivity contribution in [2.24, 2.45) is 0 Å². The fourth-order valence-corrected chi connectivity index (χ4v) is 3.32. The van der Waals surface area contributed by atoms with Gasteiger partial charge in [0.05, 0.1) is 6.54 Å². The lowest BCUT2D eigenvalue weighted by Crippen LogP contribution is -2.30. The van der Waals surface area contributed by atoms with Crippen LogP contribution in [0.2, 0.25) is 0 Å². The van der Waals surface area contributed by atoms with Crippen molar-refractivity contribution in [3.63, 3.8) is 0 Å². The molecule has 2 aliphatic rings. The number of urea groups is 1. The Hall–Kier alpha value is -2.57. The lowest BCUT2D eigenvalue weighted by Gasteiger charge is -2.29. The quantitative estimate of drug-likeness (QED) is 0.877. The number of nitrogens with zero attached hydrogens (tertiary/aromatic N) is 4. The number of amides is 2. The molecule has 25 heavy (non-hydrogen) atoms. The Morgan fingerprint density at radius 2 is 2.04 bits per heavy atom. The highest BCUT2D eigenvalue weighted by Gasteiger charge is 2.26. The van der Waals surface area contributed by atoms with Gasteiger partial charge in [-0.05, 0) is 50.3 Å². The summed E-state index contributed by atoms with van der Waals surface area (Å²) in [5, 5.41) is 13.8. The monoisotopic (exact) mass is 340 g/mol. The van der Waals surface area contributed by atoms with E-state index in [1.54, 1.807) is 6.33 Å². The number of carbonyl (C=O) groups is 1. The topological polar surface area (TPSA) is 75.1 Å². The fourth-order valence-electron chi connectivity index (χ4n) is 3.32. The van der Waals surface area contributed by atoms with Crippen LogP contribution in [-0.4, -0.2) is 33.9 Å². The number of anilines is 2. The van der Waals surface area contributed by atoms with E-state index in [0.29, 0.717) is 12.6 Å². The Kier molecular flexibility index (Phi) is 4.54. The van der Waals surface area contributed by atoms with E-state index in [4.69, 9.17) is 0 Å². The lowest BCUT2D eigenvalue weighted by atomic mass is 10.1. The molecular formula is C18H24N6O. The molecule has 0 radical (unpaired) electrons. The molecule has 1 aliphatic carbocycles. The zero-order chi connectivity index (χ0) is 17.1. The van der Waals surface area contributed by atoms with Gasteiger partial charge in [-0.3, -0.25) is 0 Å². The average Bonchev–Trinajstić information content (AvgIpc) is 3.39. The van der Waals surface area contributed by atoms with Crippen molar-refractivity contribution in [1.82, 2.24) is 20.1 Å². The van der Waals surface area contributed by atoms with Crippen LogP contribution in [0.4, 0.5) is 16.2 Å². The van der Waals surface area contributed by atoms with Gasteiger partial charge in [0.15, 0.2) is 5.82 Å². The molecule has 2 aromatic rings. The molecule has 2 heterocycles. The first-order valence-corrected chi connectivity index (χ1v) is 9.08. The Balaban J connectivity index is 1.33. The highest BCUT2D eigenvalue weighted by atomic mass is 16.2. The number of hydrogen-bond donors (Lipinski definition) is 2. The van der Waals surface area contributed by atoms with Crippen molar-refractivity contribution >= 4 is 17.4 Å². The zero-order valence-electron chi connectivity index (χ0n) is 14.3. The summed E-state index contributed by atoms with van der Waals surface area (Å²) in [4.78, 5) is 14.6. The summed E-state index contributed by atoms with van der Waals surface area (Å²) in [5.41, 5.74) is 1.98. The molecule has 0 bridgehead atoms. The molecule has 132 valence electrons. The molecule has 1 aromatic heterocycles. The van der Waals surface area contributed by atoms with E-state index in [2.05, 4.69) is 36.4 Å². The molecule has 2 N–H and O–H groups in total. The molecule has 0 atom stereocenters. The highest BCUT2D eigenvalue weighted by Crippen LogP contribution is 2.35. The smallest absolute Gasteiger partial charge is 0.319 e. The van der Waals surface area contributed by atoms with Gasteiger partial charge in [-0.15, -0.1) is 10.2 Å². The molecular weight excluding hydrogens is 316 g/mol. The first kappa shape index (κ1) is 15.9. The zero-order valence-corrected chi connectivity index (χ0v) is 14.3. The van der Waals surface area contributed by atoms with Crippen LogP contribution < -0.4 is 15.5 Å².